The maximum atomic E-state index is 12.8. The van der Waals surface area contributed by atoms with Crippen LogP contribution in [0.4, 0.5) is 16.3 Å². The molecule has 0 unspecified atom stereocenters. The number of fused-ring (bicyclic) bond motifs is 1. The first kappa shape index (κ1) is 19.6. The molecule has 3 N–H and O–H groups in total. The van der Waals surface area contributed by atoms with Crippen molar-refractivity contribution in [3.63, 3.8) is 0 Å². The van der Waals surface area contributed by atoms with Crippen LogP contribution < -0.4 is 10.1 Å². The highest BCUT2D eigenvalue weighted by molar-refractivity contribution is 7.92. The van der Waals surface area contributed by atoms with Crippen molar-refractivity contribution >= 4 is 38.4 Å². The number of carbonyl (C=O) groups is 1. The molecule has 3 rings (SSSR count). The average Bonchev–Trinajstić information content (AvgIpc) is 2.93. The van der Waals surface area contributed by atoms with Crippen LogP contribution in [0.15, 0.2) is 35.4 Å². The molecule has 28 heavy (non-hydrogen) atoms. The highest BCUT2D eigenvalue weighted by Crippen LogP contribution is 2.33. The van der Waals surface area contributed by atoms with Gasteiger partial charge in [0.05, 0.1) is 26.5 Å². The molecule has 0 bridgehead atoms. The van der Waals surface area contributed by atoms with Gasteiger partial charge in [0.15, 0.2) is 21.4 Å². The molecule has 0 aliphatic carbocycles. The minimum atomic E-state index is -3.56. The van der Waals surface area contributed by atoms with Crippen LogP contribution in [0.5, 0.6) is 5.75 Å². The molecule has 10 heteroatoms. The van der Waals surface area contributed by atoms with Crippen LogP contribution in [-0.2, 0) is 9.84 Å². The first-order chi connectivity index (χ1) is 13.0. The van der Waals surface area contributed by atoms with Crippen LogP contribution in [-0.4, -0.2) is 39.6 Å². The third kappa shape index (κ3) is 3.50. The summed E-state index contributed by atoms with van der Waals surface area (Å²) in [5.74, 6) is 0.201. The number of nitrogens with one attached hydrogen (secondary N) is 2. The number of aryl methyl sites for hydroxylation is 1. The lowest BCUT2D eigenvalue weighted by molar-refractivity contribution is 0.144. The van der Waals surface area contributed by atoms with E-state index in [9.17, 15) is 13.2 Å². The van der Waals surface area contributed by atoms with E-state index in [1.807, 2.05) is 0 Å². The van der Waals surface area contributed by atoms with Crippen LogP contribution in [0, 0.1) is 6.92 Å². The van der Waals surface area contributed by atoms with E-state index < -0.39 is 20.7 Å². The van der Waals surface area contributed by atoms with Crippen LogP contribution in [0.25, 0.3) is 10.9 Å². The van der Waals surface area contributed by atoms with Crippen molar-refractivity contribution in [1.82, 2.24) is 15.2 Å². The fourth-order valence-corrected chi connectivity index (χ4v) is 3.83. The standard InChI is InChI=1S/C18H20N4O5S/c1-10-15(27-17(23)24)16(22-21-10)20-14-7-8-19-13-6-5-11(9-12(13)14)28(25,26)18(2,3)4/h5-9H,1-4H3,(H,23,24)(H2,19,20,21,22). The monoisotopic (exact) mass is 404 g/mol. The van der Waals surface area contributed by atoms with E-state index in [1.165, 1.54) is 6.07 Å². The molecule has 0 amide bonds. The van der Waals surface area contributed by atoms with E-state index in [0.29, 0.717) is 22.3 Å². The number of pyridine rings is 1. The van der Waals surface area contributed by atoms with Gasteiger partial charge in [-0.05, 0) is 52.0 Å². The molecular formula is C18H20N4O5S. The van der Waals surface area contributed by atoms with Gasteiger partial charge in [-0.2, -0.15) is 5.10 Å². The number of aromatic amines is 1. The number of carboxylic acid groups (broad SMARTS) is 1. The third-order valence-corrected chi connectivity index (χ3v) is 6.65. The zero-order valence-electron chi connectivity index (χ0n) is 15.8. The summed E-state index contributed by atoms with van der Waals surface area (Å²) >= 11 is 0. The Morgan fingerprint density at radius 3 is 2.61 bits per heavy atom. The summed E-state index contributed by atoms with van der Waals surface area (Å²) in [6, 6.07) is 6.34. The van der Waals surface area contributed by atoms with Crippen molar-refractivity contribution in [2.24, 2.45) is 0 Å². The number of rotatable bonds is 4. The Balaban J connectivity index is 2.11. The predicted molar refractivity (Wildman–Crippen MR) is 104 cm³/mol. The smallest absolute Gasteiger partial charge is 0.449 e. The average molecular weight is 404 g/mol. The molecule has 2 heterocycles. The van der Waals surface area contributed by atoms with E-state index >= 15 is 0 Å². The number of hydrogen-bond donors (Lipinski definition) is 3. The minimum Gasteiger partial charge on any atom is -0.449 e. The molecule has 0 saturated carbocycles. The highest BCUT2D eigenvalue weighted by atomic mass is 32.2. The van der Waals surface area contributed by atoms with Crippen molar-refractivity contribution in [2.75, 3.05) is 5.32 Å². The molecular weight excluding hydrogens is 384 g/mol. The van der Waals surface area contributed by atoms with Gasteiger partial charge in [-0.1, -0.05) is 0 Å². The lowest BCUT2D eigenvalue weighted by atomic mass is 10.2. The zero-order valence-corrected chi connectivity index (χ0v) is 16.6. The number of H-pyrrole nitrogens is 1. The zero-order chi connectivity index (χ0) is 20.7. The predicted octanol–water partition coefficient (Wildman–Crippen LogP) is 3.64. The molecule has 1 aromatic carbocycles. The molecule has 0 spiro atoms. The third-order valence-electron chi connectivity index (χ3n) is 4.16. The number of hydrogen-bond acceptors (Lipinski definition) is 7. The Labute approximate surface area is 161 Å². The van der Waals surface area contributed by atoms with E-state index in [2.05, 4.69) is 20.5 Å². The first-order valence-electron chi connectivity index (χ1n) is 8.37. The Bertz CT molecular complexity index is 1160. The normalized spacial score (nSPS) is 12.1. The molecule has 0 saturated heterocycles. The van der Waals surface area contributed by atoms with Gasteiger partial charge in [0.25, 0.3) is 0 Å². The number of sulfone groups is 1. The van der Waals surface area contributed by atoms with Crippen LogP contribution in [0.1, 0.15) is 26.5 Å². The second-order valence-electron chi connectivity index (χ2n) is 7.17. The fraction of sp³-hybridized carbons (Fsp3) is 0.278. The van der Waals surface area contributed by atoms with Crippen LogP contribution >= 0.6 is 0 Å². The lowest BCUT2D eigenvalue weighted by Crippen LogP contribution is -2.27. The molecule has 0 atom stereocenters. The molecule has 148 valence electrons. The number of benzene rings is 1. The fourth-order valence-electron chi connectivity index (χ4n) is 2.60. The highest BCUT2D eigenvalue weighted by Gasteiger charge is 2.31. The SMILES string of the molecule is Cc1[nH]nc(Nc2ccnc3ccc(S(=O)(=O)C(C)(C)C)cc23)c1OC(=O)O. The number of ether oxygens (including phenoxy) is 1. The maximum absolute atomic E-state index is 12.8. The number of nitrogens with zero attached hydrogens (tertiary/aromatic N) is 2. The second kappa shape index (κ2) is 6.79. The topological polar surface area (TPSA) is 134 Å². The van der Waals surface area contributed by atoms with Crippen molar-refractivity contribution in [1.29, 1.82) is 0 Å². The molecule has 0 aliphatic heterocycles. The quantitative estimate of drug-likeness (QED) is 0.561. The summed E-state index contributed by atoms with van der Waals surface area (Å²) in [5.41, 5.74) is 1.52. The van der Waals surface area contributed by atoms with Crippen molar-refractivity contribution in [3.05, 3.63) is 36.2 Å². The van der Waals surface area contributed by atoms with Gasteiger partial charge >= 0.3 is 6.16 Å². The summed E-state index contributed by atoms with van der Waals surface area (Å²) in [7, 11) is -3.56. The Hall–Kier alpha value is -3.14. The van der Waals surface area contributed by atoms with Gasteiger partial charge < -0.3 is 15.2 Å². The molecule has 0 fully saturated rings. The molecule has 9 nitrogen and oxygen atoms in total. The summed E-state index contributed by atoms with van der Waals surface area (Å²) in [4.78, 5) is 15.3. The lowest BCUT2D eigenvalue weighted by Gasteiger charge is -2.19. The van der Waals surface area contributed by atoms with E-state index in [4.69, 9.17) is 9.84 Å². The van der Waals surface area contributed by atoms with Crippen LogP contribution in [0.2, 0.25) is 0 Å². The van der Waals surface area contributed by atoms with E-state index in [0.717, 1.165) is 0 Å². The molecule has 0 radical (unpaired) electrons. The van der Waals surface area contributed by atoms with Gasteiger partial charge in [0, 0.05) is 11.6 Å². The second-order valence-corrected chi connectivity index (χ2v) is 9.88. The van der Waals surface area contributed by atoms with Crippen molar-refractivity contribution < 1.29 is 23.1 Å². The van der Waals surface area contributed by atoms with E-state index in [1.54, 1.807) is 52.1 Å². The van der Waals surface area contributed by atoms with Gasteiger partial charge in [-0.3, -0.25) is 10.1 Å². The summed E-state index contributed by atoms with van der Waals surface area (Å²) in [6.07, 6.45) is 0.0884. The molecule has 2 aromatic heterocycles. The number of anilines is 2. The maximum Gasteiger partial charge on any atom is 0.511 e. The van der Waals surface area contributed by atoms with E-state index in [-0.39, 0.29) is 16.5 Å². The Morgan fingerprint density at radius 2 is 1.96 bits per heavy atom. The molecule has 3 aromatic rings. The summed E-state index contributed by atoms with van der Waals surface area (Å²) in [5, 5.41) is 19.1. The van der Waals surface area contributed by atoms with Gasteiger partial charge in [-0.25, -0.2) is 13.2 Å². The Morgan fingerprint density at radius 1 is 1.25 bits per heavy atom. The minimum absolute atomic E-state index is 0.0379. The largest absolute Gasteiger partial charge is 0.511 e. The van der Waals surface area contributed by atoms with Gasteiger partial charge in [0.2, 0.25) is 0 Å². The number of aromatic nitrogens is 3. The van der Waals surface area contributed by atoms with Crippen molar-refractivity contribution in [2.45, 2.75) is 37.3 Å². The molecule has 0 aliphatic rings. The van der Waals surface area contributed by atoms with Gasteiger partial charge in [-0.15, -0.1) is 0 Å². The van der Waals surface area contributed by atoms with Gasteiger partial charge in [0.1, 0.15) is 0 Å². The summed E-state index contributed by atoms with van der Waals surface area (Å²) in [6.45, 7) is 6.53. The first-order valence-corrected chi connectivity index (χ1v) is 9.85. The van der Waals surface area contributed by atoms with Crippen molar-refractivity contribution in [3.8, 4) is 5.75 Å². The Kier molecular flexibility index (Phi) is 4.76. The summed E-state index contributed by atoms with van der Waals surface area (Å²) < 4.78 is 29.4. The van der Waals surface area contributed by atoms with Crippen LogP contribution in [0.3, 0.4) is 0 Å².